The number of halogens is 4. The highest BCUT2D eigenvalue weighted by atomic mass is 127. The van der Waals surface area contributed by atoms with Crippen molar-refractivity contribution in [2.24, 2.45) is 4.99 Å². The Morgan fingerprint density at radius 3 is 2.23 bits per heavy atom. The van der Waals surface area contributed by atoms with Gasteiger partial charge in [-0.1, -0.05) is 0 Å². The van der Waals surface area contributed by atoms with Crippen LogP contribution < -0.4 is 10.6 Å². The molecule has 132 valence electrons. The standard InChI is InChI=1S/C11H21F3N4O2S.HI/c1-3-15-10(16-4-2)17-9-5-7-18(8-6-9)21(19,20)11(12,13)14;/h9H,3-8H2,1-2H3,(H2,15,16,17);1H. The van der Waals surface area contributed by atoms with Crippen molar-refractivity contribution in [2.75, 3.05) is 26.2 Å². The van der Waals surface area contributed by atoms with Gasteiger partial charge in [-0.05, 0) is 26.7 Å². The van der Waals surface area contributed by atoms with Gasteiger partial charge >= 0.3 is 15.5 Å². The number of aliphatic imine (C=N–C) groups is 1. The van der Waals surface area contributed by atoms with E-state index in [0.29, 0.717) is 36.2 Å². The molecule has 0 radical (unpaired) electrons. The maximum absolute atomic E-state index is 12.5. The van der Waals surface area contributed by atoms with E-state index >= 15 is 0 Å². The van der Waals surface area contributed by atoms with Gasteiger partial charge < -0.3 is 10.6 Å². The quantitative estimate of drug-likeness (QED) is 0.381. The van der Waals surface area contributed by atoms with Gasteiger partial charge in [-0.15, -0.1) is 24.0 Å². The highest BCUT2D eigenvalue weighted by molar-refractivity contribution is 14.0. The molecule has 1 aliphatic heterocycles. The Bertz CT molecular complexity index is 462. The lowest BCUT2D eigenvalue weighted by Crippen LogP contribution is -2.51. The van der Waals surface area contributed by atoms with Gasteiger partial charge in [0.15, 0.2) is 5.96 Å². The largest absolute Gasteiger partial charge is 0.511 e. The summed E-state index contributed by atoms with van der Waals surface area (Å²) in [6, 6.07) is -0.0889. The van der Waals surface area contributed by atoms with E-state index < -0.39 is 15.5 Å². The van der Waals surface area contributed by atoms with Gasteiger partial charge in [-0.3, -0.25) is 4.99 Å². The molecular weight excluding hydrogens is 436 g/mol. The summed E-state index contributed by atoms with van der Waals surface area (Å²) in [7, 11) is -5.21. The first-order chi connectivity index (χ1) is 9.72. The zero-order chi connectivity index (χ0) is 16.1. The molecule has 1 heterocycles. The van der Waals surface area contributed by atoms with Gasteiger partial charge in [-0.25, -0.2) is 8.42 Å². The number of guanidine groups is 1. The van der Waals surface area contributed by atoms with Crippen LogP contribution in [0, 0.1) is 0 Å². The minimum absolute atomic E-state index is 0. The summed E-state index contributed by atoms with van der Waals surface area (Å²) >= 11 is 0. The van der Waals surface area contributed by atoms with E-state index in [0.717, 1.165) is 0 Å². The van der Waals surface area contributed by atoms with E-state index in [1.807, 2.05) is 13.8 Å². The lowest BCUT2D eigenvalue weighted by atomic mass is 10.1. The summed E-state index contributed by atoms with van der Waals surface area (Å²) in [6.07, 6.45) is 0.618. The first-order valence-electron chi connectivity index (χ1n) is 6.83. The minimum atomic E-state index is -5.23. The van der Waals surface area contributed by atoms with Crippen molar-refractivity contribution in [3.63, 3.8) is 0 Å². The van der Waals surface area contributed by atoms with E-state index in [9.17, 15) is 21.6 Å². The van der Waals surface area contributed by atoms with Crippen LogP contribution in [-0.4, -0.2) is 56.4 Å². The van der Waals surface area contributed by atoms with Crippen molar-refractivity contribution in [3.8, 4) is 0 Å². The Kier molecular flexibility index (Phi) is 8.98. The predicted octanol–water partition coefficient (Wildman–Crippen LogP) is 1.49. The van der Waals surface area contributed by atoms with Crippen LogP contribution in [0.4, 0.5) is 13.2 Å². The van der Waals surface area contributed by atoms with Gasteiger partial charge in [0.1, 0.15) is 0 Å². The second kappa shape index (κ2) is 9.11. The smallest absolute Gasteiger partial charge is 0.357 e. The van der Waals surface area contributed by atoms with Gasteiger partial charge in [0, 0.05) is 32.2 Å². The van der Waals surface area contributed by atoms with Crippen LogP contribution in [0.5, 0.6) is 0 Å². The number of piperidine rings is 1. The predicted molar refractivity (Wildman–Crippen MR) is 89.8 cm³/mol. The minimum Gasteiger partial charge on any atom is -0.357 e. The normalized spacial score (nSPS) is 18.7. The van der Waals surface area contributed by atoms with Crippen molar-refractivity contribution in [2.45, 2.75) is 38.2 Å². The molecule has 1 rings (SSSR count). The van der Waals surface area contributed by atoms with Crippen LogP contribution in [0.25, 0.3) is 0 Å². The van der Waals surface area contributed by atoms with E-state index in [2.05, 4.69) is 15.6 Å². The Morgan fingerprint density at radius 1 is 1.27 bits per heavy atom. The maximum atomic E-state index is 12.5. The molecule has 0 amide bonds. The highest BCUT2D eigenvalue weighted by Gasteiger charge is 2.50. The molecule has 0 saturated carbocycles. The molecule has 0 atom stereocenters. The molecule has 1 fully saturated rings. The SMILES string of the molecule is CCN=C(NCC)NC1CCN(S(=O)(=O)C(F)(F)F)CC1.I. The van der Waals surface area contributed by atoms with E-state index in [1.165, 1.54) is 0 Å². The third-order valence-corrected chi connectivity index (χ3v) is 4.72. The summed E-state index contributed by atoms with van der Waals surface area (Å²) in [5, 5.41) is 6.13. The number of hydrogen-bond donors (Lipinski definition) is 2. The first kappa shape index (κ1) is 21.7. The van der Waals surface area contributed by atoms with Crippen LogP contribution in [-0.2, 0) is 10.0 Å². The summed E-state index contributed by atoms with van der Waals surface area (Å²) < 4.78 is 60.4. The van der Waals surface area contributed by atoms with Crippen LogP contribution in [0.15, 0.2) is 4.99 Å². The zero-order valence-electron chi connectivity index (χ0n) is 12.5. The monoisotopic (exact) mass is 458 g/mol. The molecule has 2 N–H and O–H groups in total. The maximum Gasteiger partial charge on any atom is 0.511 e. The number of nitrogens with one attached hydrogen (secondary N) is 2. The van der Waals surface area contributed by atoms with Crippen molar-refractivity contribution in [1.82, 2.24) is 14.9 Å². The third kappa shape index (κ3) is 5.72. The average Bonchev–Trinajstić information content (AvgIpc) is 2.38. The summed E-state index contributed by atoms with van der Waals surface area (Å²) in [6.45, 7) is 4.74. The fraction of sp³-hybridized carbons (Fsp3) is 0.909. The van der Waals surface area contributed by atoms with Crippen LogP contribution >= 0.6 is 24.0 Å². The van der Waals surface area contributed by atoms with E-state index in [-0.39, 0.29) is 43.1 Å². The number of alkyl halides is 3. The van der Waals surface area contributed by atoms with Crippen molar-refractivity contribution in [1.29, 1.82) is 0 Å². The number of rotatable bonds is 4. The second-order valence-electron chi connectivity index (χ2n) is 4.62. The molecule has 0 aliphatic carbocycles. The fourth-order valence-electron chi connectivity index (χ4n) is 2.06. The Morgan fingerprint density at radius 2 is 1.82 bits per heavy atom. The molecule has 22 heavy (non-hydrogen) atoms. The fourth-order valence-corrected chi connectivity index (χ4v) is 3.04. The Hall–Kier alpha value is -0.300. The van der Waals surface area contributed by atoms with Crippen molar-refractivity contribution in [3.05, 3.63) is 0 Å². The number of hydrogen-bond acceptors (Lipinski definition) is 3. The molecule has 11 heteroatoms. The Labute approximate surface area is 146 Å². The summed E-state index contributed by atoms with van der Waals surface area (Å²) in [5.74, 6) is 0.595. The topological polar surface area (TPSA) is 73.8 Å². The molecule has 0 aromatic carbocycles. The van der Waals surface area contributed by atoms with Crippen LogP contribution in [0.3, 0.4) is 0 Å². The highest BCUT2D eigenvalue weighted by Crippen LogP contribution is 2.28. The van der Waals surface area contributed by atoms with Crippen LogP contribution in [0.1, 0.15) is 26.7 Å². The lowest BCUT2D eigenvalue weighted by molar-refractivity contribution is -0.0494. The van der Waals surface area contributed by atoms with Crippen molar-refractivity contribution < 1.29 is 21.6 Å². The summed E-state index contributed by atoms with van der Waals surface area (Å²) in [4.78, 5) is 4.20. The zero-order valence-corrected chi connectivity index (χ0v) is 15.6. The molecule has 0 aromatic rings. The molecule has 0 unspecified atom stereocenters. The molecule has 1 aliphatic rings. The van der Waals surface area contributed by atoms with E-state index in [4.69, 9.17) is 0 Å². The number of nitrogens with zero attached hydrogens (tertiary/aromatic N) is 2. The van der Waals surface area contributed by atoms with E-state index in [1.54, 1.807) is 0 Å². The summed E-state index contributed by atoms with van der Waals surface area (Å²) in [5.41, 5.74) is -5.23. The molecular formula is C11H22F3IN4O2S. The molecule has 6 nitrogen and oxygen atoms in total. The first-order valence-corrected chi connectivity index (χ1v) is 8.27. The van der Waals surface area contributed by atoms with Gasteiger partial charge in [0.25, 0.3) is 0 Å². The molecule has 1 saturated heterocycles. The molecule has 0 spiro atoms. The molecule has 0 bridgehead atoms. The Balaban J connectivity index is 0.00000441. The molecule has 0 aromatic heterocycles. The van der Waals surface area contributed by atoms with Gasteiger partial charge in [0.05, 0.1) is 0 Å². The van der Waals surface area contributed by atoms with Gasteiger partial charge in [-0.2, -0.15) is 17.5 Å². The van der Waals surface area contributed by atoms with Crippen LogP contribution in [0.2, 0.25) is 0 Å². The number of sulfonamides is 1. The average molecular weight is 458 g/mol. The van der Waals surface area contributed by atoms with Crippen molar-refractivity contribution >= 4 is 40.0 Å². The third-order valence-electron chi connectivity index (χ3n) is 3.09. The second-order valence-corrected chi connectivity index (χ2v) is 6.55. The lowest BCUT2D eigenvalue weighted by Gasteiger charge is -2.32. The van der Waals surface area contributed by atoms with Gasteiger partial charge in [0.2, 0.25) is 0 Å².